The maximum atomic E-state index is 13.6. The number of rotatable bonds is 3. The Kier molecular flexibility index (Phi) is 2.71. The molecule has 0 amide bonds. The van der Waals surface area contributed by atoms with Gasteiger partial charge in [-0.3, -0.25) is 5.10 Å². The molecule has 1 saturated heterocycles. The molecular formula is C12H14FN5. The smallest absolute Gasteiger partial charge is 0.153 e. The minimum atomic E-state index is -0.245. The van der Waals surface area contributed by atoms with Crippen LogP contribution < -0.4 is 10.6 Å². The zero-order chi connectivity index (χ0) is 12.5. The minimum Gasteiger partial charge on any atom is -0.323 e. The lowest BCUT2D eigenvalue weighted by Gasteiger charge is -2.27. The molecule has 1 aliphatic rings. The van der Waals surface area contributed by atoms with E-state index < -0.39 is 0 Å². The van der Waals surface area contributed by atoms with Crippen molar-refractivity contribution in [1.29, 1.82) is 0 Å². The fourth-order valence-corrected chi connectivity index (χ4v) is 1.96. The van der Waals surface area contributed by atoms with Gasteiger partial charge < -0.3 is 10.6 Å². The molecule has 0 radical (unpaired) electrons. The highest BCUT2D eigenvalue weighted by Gasteiger charge is 2.22. The maximum absolute atomic E-state index is 13.6. The Hall–Kier alpha value is -1.95. The topological polar surface area (TPSA) is 65.6 Å². The van der Waals surface area contributed by atoms with Gasteiger partial charge in [0, 0.05) is 30.8 Å². The van der Waals surface area contributed by atoms with Crippen molar-refractivity contribution in [3.8, 4) is 0 Å². The van der Waals surface area contributed by atoms with Crippen LogP contribution in [0, 0.1) is 12.7 Å². The molecule has 3 rings (SSSR count). The van der Waals surface area contributed by atoms with Crippen LogP contribution in [0.2, 0.25) is 0 Å². The number of aromatic nitrogens is 3. The zero-order valence-electron chi connectivity index (χ0n) is 10.00. The van der Waals surface area contributed by atoms with Gasteiger partial charge in [0.05, 0.1) is 6.20 Å². The molecule has 0 spiro atoms. The summed E-state index contributed by atoms with van der Waals surface area (Å²) >= 11 is 0. The molecule has 0 aromatic carbocycles. The fraction of sp³-hybridized carbons (Fsp3) is 0.333. The Morgan fingerprint density at radius 1 is 1.33 bits per heavy atom. The van der Waals surface area contributed by atoms with E-state index in [0.29, 0.717) is 17.2 Å². The largest absolute Gasteiger partial charge is 0.323 e. The molecule has 0 saturated carbocycles. The first-order valence-electron chi connectivity index (χ1n) is 5.87. The number of anilines is 2. The van der Waals surface area contributed by atoms with Crippen molar-refractivity contribution in [3.63, 3.8) is 0 Å². The summed E-state index contributed by atoms with van der Waals surface area (Å²) in [7, 11) is 0. The lowest BCUT2D eigenvalue weighted by Crippen LogP contribution is -2.40. The second-order valence-corrected chi connectivity index (χ2v) is 4.51. The summed E-state index contributed by atoms with van der Waals surface area (Å²) in [5.74, 6) is 1.30. The number of halogens is 1. The number of nitrogens with zero attached hydrogens (tertiary/aromatic N) is 2. The van der Waals surface area contributed by atoms with E-state index in [9.17, 15) is 4.39 Å². The van der Waals surface area contributed by atoms with Crippen LogP contribution in [0.5, 0.6) is 0 Å². The highest BCUT2D eigenvalue weighted by molar-refractivity contribution is 5.53. The molecule has 2 aromatic heterocycles. The first-order valence-corrected chi connectivity index (χ1v) is 5.87. The first-order chi connectivity index (χ1) is 8.72. The summed E-state index contributed by atoms with van der Waals surface area (Å²) in [5.41, 5.74) is 1.67. The minimum absolute atomic E-state index is 0.245. The molecular weight excluding hydrogens is 233 g/mol. The van der Waals surface area contributed by atoms with E-state index in [1.54, 1.807) is 6.07 Å². The highest BCUT2D eigenvalue weighted by Crippen LogP contribution is 2.25. The summed E-state index contributed by atoms with van der Waals surface area (Å²) in [5, 5.41) is 13.1. The summed E-state index contributed by atoms with van der Waals surface area (Å²) in [6, 6.07) is 3.63. The third kappa shape index (κ3) is 2.06. The maximum Gasteiger partial charge on any atom is 0.153 e. The van der Waals surface area contributed by atoms with Crippen LogP contribution in [-0.4, -0.2) is 28.3 Å². The van der Waals surface area contributed by atoms with Crippen LogP contribution in [0.15, 0.2) is 18.3 Å². The molecule has 0 aliphatic carbocycles. The summed E-state index contributed by atoms with van der Waals surface area (Å²) < 4.78 is 13.6. The number of hydrogen-bond acceptors (Lipinski definition) is 4. The first kappa shape index (κ1) is 11.2. The molecule has 94 valence electrons. The van der Waals surface area contributed by atoms with Crippen molar-refractivity contribution >= 4 is 11.6 Å². The van der Waals surface area contributed by atoms with Gasteiger partial charge in [-0.15, -0.1) is 0 Å². The highest BCUT2D eigenvalue weighted by atomic mass is 19.1. The number of aryl methyl sites for hydroxylation is 1. The van der Waals surface area contributed by atoms with Crippen LogP contribution >= 0.6 is 0 Å². The number of hydrogen-bond donors (Lipinski definition) is 3. The Balaban J connectivity index is 1.84. The van der Waals surface area contributed by atoms with Gasteiger partial charge >= 0.3 is 0 Å². The van der Waals surface area contributed by atoms with Crippen molar-refractivity contribution < 1.29 is 4.39 Å². The second kappa shape index (κ2) is 4.38. The standard InChI is InChI=1S/C12H14FN5/c1-7-2-12(18-17-7)16-11-3-9(8-4-14-5-8)10(13)6-15-11/h2-3,6,8,14H,4-5H2,1H3,(H2,15,16,17,18). The summed E-state index contributed by atoms with van der Waals surface area (Å²) in [6.07, 6.45) is 1.26. The SMILES string of the molecule is Cc1cc(Nc2cc(C3CNC3)c(F)cn2)n[nH]1. The van der Waals surface area contributed by atoms with Crippen molar-refractivity contribution in [2.75, 3.05) is 18.4 Å². The normalized spacial score (nSPS) is 15.4. The van der Waals surface area contributed by atoms with Crippen LogP contribution in [0.1, 0.15) is 17.2 Å². The summed E-state index contributed by atoms with van der Waals surface area (Å²) in [6.45, 7) is 3.56. The van der Waals surface area contributed by atoms with Gasteiger partial charge in [-0.05, 0) is 18.6 Å². The van der Waals surface area contributed by atoms with Crippen LogP contribution in [0.4, 0.5) is 16.0 Å². The zero-order valence-corrected chi connectivity index (χ0v) is 10.00. The van der Waals surface area contributed by atoms with E-state index in [0.717, 1.165) is 18.8 Å². The van der Waals surface area contributed by atoms with E-state index in [4.69, 9.17) is 0 Å². The number of aromatic amines is 1. The number of H-pyrrole nitrogens is 1. The van der Waals surface area contributed by atoms with Gasteiger partial charge in [0.1, 0.15) is 11.6 Å². The molecule has 1 fully saturated rings. The third-order valence-electron chi connectivity index (χ3n) is 3.07. The van der Waals surface area contributed by atoms with E-state index in [2.05, 4.69) is 25.8 Å². The van der Waals surface area contributed by atoms with E-state index in [-0.39, 0.29) is 11.7 Å². The molecule has 18 heavy (non-hydrogen) atoms. The third-order valence-corrected chi connectivity index (χ3v) is 3.07. The Labute approximate surface area is 104 Å². The Morgan fingerprint density at radius 3 is 2.78 bits per heavy atom. The molecule has 3 N–H and O–H groups in total. The average Bonchev–Trinajstić information content (AvgIpc) is 2.66. The van der Waals surface area contributed by atoms with E-state index >= 15 is 0 Å². The average molecular weight is 247 g/mol. The molecule has 6 heteroatoms. The van der Waals surface area contributed by atoms with Crippen molar-refractivity contribution in [3.05, 3.63) is 35.4 Å². The van der Waals surface area contributed by atoms with E-state index in [1.165, 1.54) is 6.20 Å². The predicted octanol–water partition coefficient (Wildman–Crippen LogP) is 1.68. The molecule has 3 heterocycles. The van der Waals surface area contributed by atoms with Crippen molar-refractivity contribution in [2.45, 2.75) is 12.8 Å². The molecule has 1 aliphatic heterocycles. The van der Waals surface area contributed by atoms with Crippen LogP contribution in [-0.2, 0) is 0 Å². The Morgan fingerprint density at radius 2 is 2.17 bits per heavy atom. The van der Waals surface area contributed by atoms with E-state index in [1.807, 2.05) is 13.0 Å². The van der Waals surface area contributed by atoms with Crippen LogP contribution in [0.3, 0.4) is 0 Å². The van der Waals surface area contributed by atoms with Gasteiger partial charge in [0.15, 0.2) is 5.82 Å². The van der Waals surface area contributed by atoms with Gasteiger partial charge in [0.25, 0.3) is 0 Å². The molecule has 0 bridgehead atoms. The van der Waals surface area contributed by atoms with Gasteiger partial charge in [-0.1, -0.05) is 0 Å². The van der Waals surface area contributed by atoms with Crippen LogP contribution in [0.25, 0.3) is 0 Å². The number of pyridine rings is 1. The molecule has 0 atom stereocenters. The fourth-order valence-electron chi connectivity index (χ4n) is 1.96. The molecule has 2 aromatic rings. The van der Waals surface area contributed by atoms with Crippen molar-refractivity contribution in [2.24, 2.45) is 0 Å². The lowest BCUT2D eigenvalue weighted by molar-refractivity contribution is 0.430. The lowest BCUT2D eigenvalue weighted by atomic mass is 9.94. The predicted molar refractivity (Wildman–Crippen MR) is 66.4 cm³/mol. The molecule has 5 nitrogen and oxygen atoms in total. The monoisotopic (exact) mass is 247 g/mol. The van der Waals surface area contributed by atoms with Gasteiger partial charge in [0.2, 0.25) is 0 Å². The quantitative estimate of drug-likeness (QED) is 0.772. The second-order valence-electron chi connectivity index (χ2n) is 4.51. The summed E-state index contributed by atoms with van der Waals surface area (Å²) in [4.78, 5) is 4.02. The van der Waals surface area contributed by atoms with Gasteiger partial charge in [-0.25, -0.2) is 9.37 Å². The van der Waals surface area contributed by atoms with Gasteiger partial charge in [-0.2, -0.15) is 5.10 Å². The number of nitrogens with one attached hydrogen (secondary N) is 3. The Bertz CT molecular complexity index is 561. The molecule has 0 unspecified atom stereocenters. The van der Waals surface area contributed by atoms with Crippen molar-refractivity contribution in [1.82, 2.24) is 20.5 Å².